The van der Waals surface area contributed by atoms with Crippen LogP contribution in [-0.4, -0.2) is 48.9 Å². The maximum atomic E-state index is 13.6. The Hall–Kier alpha value is -5.00. The quantitative estimate of drug-likeness (QED) is 0.109. The number of rotatable bonds is 11. The number of halogens is 1. The molecular weight excluding hydrogens is 616 g/mol. The zero-order valence-electron chi connectivity index (χ0n) is 24.7. The zero-order chi connectivity index (χ0) is 31.8. The average molecular weight is 645 g/mol. The molecule has 10 nitrogen and oxygen atoms in total. The number of hydrogen-bond acceptors (Lipinski definition) is 9. The fourth-order valence-corrected chi connectivity index (χ4v) is 5.35. The van der Waals surface area contributed by atoms with Gasteiger partial charge < -0.3 is 23.9 Å². The van der Waals surface area contributed by atoms with Crippen LogP contribution in [0.2, 0.25) is 5.02 Å². The van der Waals surface area contributed by atoms with Gasteiger partial charge in [0.15, 0.2) is 23.3 Å². The summed E-state index contributed by atoms with van der Waals surface area (Å²) in [7, 11) is 3.11. The number of furan rings is 1. The number of nitrogens with zero attached hydrogens (tertiary/aromatic N) is 3. The van der Waals surface area contributed by atoms with Crippen molar-refractivity contribution in [2.45, 2.75) is 13.5 Å². The molecule has 1 fully saturated rings. The van der Waals surface area contributed by atoms with Crippen molar-refractivity contribution in [2.75, 3.05) is 26.1 Å². The maximum Gasteiger partial charge on any atom is 0.267 e. The lowest BCUT2D eigenvalue weighted by atomic mass is 10.2. The SMILES string of the molecule is COc1ccc(/C=N/N=C2\S/C(=C\c3cc(Cl)ccc3OCC(=O)Nc3ccc(C)cc3)C(=O)N2Cc2ccco2)cc1OC. The number of ether oxygens (including phenoxy) is 3. The van der Waals surface area contributed by atoms with Gasteiger partial charge in [-0.3, -0.25) is 14.5 Å². The Labute approximate surface area is 269 Å². The molecule has 230 valence electrons. The van der Waals surface area contributed by atoms with Gasteiger partial charge in [0, 0.05) is 16.3 Å². The van der Waals surface area contributed by atoms with Crippen LogP contribution in [-0.2, 0) is 16.1 Å². The van der Waals surface area contributed by atoms with Crippen LogP contribution < -0.4 is 19.5 Å². The number of amides is 2. The third-order valence-corrected chi connectivity index (χ3v) is 7.72. The number of benzene rings is 3. The van der Waals surface area contributed by atoms with Gasteiger partial charge in [0.25, 0.3) is 11.8 Å². The van der Waals surface area contributed by atoms with Gasteiger partial charge in [-0.15, -0.1) is 5.10 Å². The first-order valence-corrected chi connectivity index (χ1v) is 14.9. The molecule has 1 N–H and O–H groups in total. The summed E-state index contributed by atoms with van der Waals surface area (Å²) in [6.07, 6.45) is 4.75. The monoisotopic (exact) mass is 644 g/mol. The molecule has 0 atom stereocenters. The number of carbonyl (C=O) groups is 2. The summed E-state index contributed by atoms with van der Waals surface area (Å²) in [6, 6.07) is 21.3. The second-order valence-corrected chi connectivity index (χ2v) is 11.2. The van der Waals surface area contributed by atoms with Crippen LogP contribution in [0.4, 0.5) is 5.69 Å². The van der Waals surface area contributed by atoms with Crippen molar-refractivity contribution in [3.8, 4) is 17.2 Å². The molecule has 3 aromatic carbocycles. The molecule has 2 amide bonds. The molecule has 0 aliphatic carbocycles. The molecule has 45 heavy (non-hydrogen) atoms. The van der Waals surface area contributed by atoms with Gasteiger partial charge in [0.1, 0.15) is 11.5 Å². The van der Waals surface area contributed by atoms with Crippen LogP contribution in [0.15, 0.2) is 98.6 Å². The van der Waals surface area contributed by atoms with Crippen LogP contribution in [0.1, 0.15) is 22.5 Å². The number of nitrogens with one attached hydrogen (secondary N) is 1. The molecule has 0 bridgehead atoms. The standard InChI is InChI=1S/C33H29ClN4O6S/c1-21-6-10-25(11-7-21)36-31(39)20-44-27-13-9-24(34)16-23(27)17-30-32(40)38(19-26-5-4-14-43-26)33(45-30)37-35-18-22-8-12-28(41-2)29(15-22)42-3/h4-18H,19-20H2,1-3H3,(H,36,39)/b30-17-,35-18+,37-33-. The average Bonchev–Trinajstić information content (AvgIpc) is 3.66. The third kappa shape index (κ3) is 8.14. The van der Waals surface area contributed by atoms with Crippen molar-refractivity contribution in [2.24, 2.45) is 10.2 Å². The molecular formula is C33H29ClN4O6S. The molecule has 2 heterocycles. The van der Waals surface area contributed by atoms with Gasteiger partial charge in [-0.1, -0.05) is 29.3 Å². The molecule has 1 aliphatic heterocycles. The lowest BCUT2D eigenvalue weighted by Crippen LogP contribution is -2.28. The first-order valence-electron chi connectivity index (χ1n) is 13.7. The highest BCUT2D eigenvalue weighted by atomic mass is 35.5. The van der Waals surface area contributed by atoms with Gasteiger partial charge in [-0.2, -0.15) is 5.10 Å². The van der Waals surface area contributed by atoms with Gasteiger partial charge in [-0.25, -0.2) is 0 Å². The summed E-state index contributed by atoms with van der Waals surface area (Å²) >= 11 is 7.45. The number of anilines is 1. The Bertz CT molecular complexity index is 1770. The second kappa shape index (κ2) is 14.7. The molecule has 0 saturated carbocycles. The maximum absolute atomic E-state index is 13.6. The van der Waals surface area contributed by atoms with E-state index in [1.807, 2.05) is 37.3 Å². The van der Waals surface area contributed by atoms with Crippen molar-refractivity contribution in [3.63, 3.8) is 0 Å². The molecule has 4 aromatic rings. The zero-order valence-corrected chi connectivity index (χ0v) is 26.2. The number of carbonyl (C=O) groups excluding carboxylic acids is 2. The van der Waals surface area contributed by atoms with E-state index in [1.165, 1.54) is 11.2 Å². The van der Waals surface area contributed by atoms with Crippen LogP contribution in [0, 0.1) is 6.92 Å². The summed E-state index contributed by atoms with van der Waals surface area (Å²) in [5.74, 6) is 1.47. The summed E-state index contributed by atoms with van der Waals surface area (Å²) in [5, 5.41) is 12.2. The summed E-state index contributed by atoms with van der Waals surface area (Å²) in [4.78, 5) is 28.0. The van der Waals surface area contributed by atoms with E-state index < -0.39 is 0 Å². The van der Waals surface area contributed by atoms with Crippen molar-refractivity contribution in [1.29, 1.82) is 0 Å². The Morgan fingerprint density at radius 1 is 1.02 bits per heavy atom. The minimum Gasteiger partial charge on any atom is -0.493 e. The minimum absolute atomic E-state index is 0.152. The summed E-state index contributed by atoms with van der Waals surface area (Å²) in [6.45, 7) is 1.88. The van der Waals surface area contributed by atoms with Gasteiger partial charge in [0.2, 0.25) is 0 Å². The highest BCUT2D eigenvalue weighted by Gasteiger charge is 2.34. The van der Waals surface area contributed by atoms with Gasteiger partial charge in [0.05, 0.1) is 38.1 Å². The Morgan fingerprint density at radius 2 is 1.80 bits per heavy atom. The number of hydrogen-bond donors (Lipinski definition) is 1. The fourth-order valence-electron chi connectivity index (χ4n) is 4.24. The Balaban J connectivity index is 1.37. The van der Waals surface area contributed by atoms with Crippen molar-refractivity contribution >= 4 is 58.3 Å². The largest absolute Gasteiger partial charge is 0.493 e. The normalized spacial score (nSPS) is 14.8. The van der Waals surface area contributed by atoms with Crippen LogP contribution >= 0.6 is 23.4 Å². The van der Waals surface area contributed by atoms with Crippen molar-refractivity contribution < 1.29 is 28.2 Å². The number of thioether (sulfide) groups is 1. The van der Waals surface area contributed by atoms with E-state index in [4.69, 9.17) is 30.2 Å². The van der Waals surface area contributed by atoms with Gasteiger partial charge >= 0.3 is 0 Å². The minimum atomic E-state index is -0.329. The Morgan fingerprint density at radius 3 is 2.53 bits per heavy atom. The molecule has 12 heteroatoms. The fraction of sp³-hybridized carbons (Fsp3) is 0.152. The molecule has 0 unspecified atom stereocenters. The highest BCUT2D eigenvalue weighted by molar-refractivity contribution is 8.18. The van der Waals surface area contributed by atoms with Crippen LogP contribution in [0.25, 0.3) is 6.08 Å². The number of methoxy groups -OCH3 is 2. The first-order chi connectivity index (χ1) is 21.8. The van der Waals surface area contributed by atoms with Crippen molar-refractivity contribution in [3.05, 3.63) is 111 Å². The predicted octanol–water partition coefficient (Wildman–Crippen LogP) is 6.78. The molecule has 0 spiro atoms. The van der Waals surface area contributed by atoms with Crippen LogP contribution in [0.3, 0.4) is 0 Å². The number of aryl methyl sites for hydroxylation is 1. The summed E-state index contributed by atoms with van der Waals surface area (Å²) < 4.78 is 22.0. The third-order valence-electron chi connectivity index (χ3n) is 6.49. The second-order valence-electron chi connectivity index (χ2n) is 9.71. The Kier molecular flexibility index (Phi) is 10.2. The van der Waals surface area contributed by atoms with E-state index in [1.54, 1.807) is 69.0 Å². The molecule has 5 rings (SSSR count). The predicted molar refractivity (Wildman–Crippen MR) is 176 cm³/mol. The molecule has 1 saturated heterocycles. The lowest BCUT2D eigenvalue weighted by molar-refractivity contribution is -0.122. The molecule has 1 aliphatic rings. The van der Waals surface area contributed by atoms with E-state index >= 15 is 0 Å². The summed E-state index contributed by atoms with van der Waals surface area (Å²) in [5.41, 5.74) is 3.00. The van der Waals surface area contributed by atoms with E-state index in [0.29, 0.717) is 49.4 Å². The van der Waals surface area contributed by atoms with E-state index in [2.05, 4.69) is 15.5 Å². The molecule has 1 aromatic heterocycles. The smallest absolute Gasteiger partial charge is 0.267 e. The van der Waals surface area contributed by atoms with E-state index in [-0.39, 0.29) is 25.0 Å². The molecule has 0 radical (unpaired) electrons. The van der Waals surface area contributed by atoms with E-state index in [9.17, 15) is 9.59 Å². The van der Waals surface area contributed by atoms with E-state index in [0.717, 1.165) is 22.9 Å². The van der Waals surface area contributed by atoms with Crippen molar-refractivity contribution in [1.82, 2.24) is 4.90 Å². The highest BCUT2D eigenvalue weighted by Crippen LogP contribution is 2.36. The van der Waals surface area contributed by atoms with Crippen LogP contribution in [0.5, 0.6) is 17.2 Å². The topological polar surface area (TPSA) is 115 Å². The first kappa shape index (κ1) is 31.4. The lowest BCUT2D eigenvalue weighted by Gasteiger charge is -2.13. The number of amidine groups is 1. The van der Waals surface area contributed by atoms with Gasteiger partial charge in [-0.05, 0) is 91.0 Å².